The van der Waals surface area contributed by atoms with E-state index in [2.05, 4.69) is 49.8 Å². The molecule has 14 aromatic rings. The second-order valence-corrected chi connectivity index (χ2v) is 38.8. The molecule has 1 aliphatic carbocycles. The third-order valence-electron chi connectivity index (χ3n) is 28.8. The Kier molecular flexibility index (Phi) is 25.9. The summed E-state index contributed by atoms with van der Waals surface area (Å²) in [5.74, 6) is -1.42. The molecular weight excluding hydrogens is 1950 g/mol. The summed E-state index contributed by atoms with van der Waals surface area (Å²) in [7, 11) is 0. The van der Waals surface area contributed by atoms with Crippen LogP contribution in [-0.4, -0.2) is 223 Å². The highest BCUT2D eigenvalue weighted by molar-refractivity contribution is 6.32. The zero-order valence-corrected chi connectivity index (χ0v) is 82.5. The number of carbonyl (C=O) groups is 10. The van der Waals surface area contributed by atoms with Crippen LogP contribution in [0.3, 0.4) is 0 Å². The lowest BCUT2D eigenvalue weighted by atomic mass is 9.85. The van der Waals surface area contributed by atoms with Crippen LogP contribution >= 0.6 is 58.0 Å². The van der Waals surface area contributed by atoms with Gasteiger partial charge in [-0.3, -0.25) is 97.8 Å². The Hall–Kier alpha value is -16.0. The molecule has 146 heavy (non-hydrogen) atoms. The van der Waals surface area contributed by atoms with Gasteiger partial charge in [-0.05, 0) is 200 Å². The van der Waals surface area contributed by atoms with Gasteiger partial charge in [0.15, 0.2) is 17.0 Å². The van der Waals surface area contributed by atoms with Crippen LogP contribution in [0.5, 0.6) is 0 Å². The van der Waals surface area contributed by atoms with Crippen LogP contribution in [0, 0.1) is 13.8 Å². The van der Waals surface area contributed by atoms with Crippen molar-refractivity contribution >= 4 is 117 Å². The molecule has 728 valence electrons. The van der Waals surface area contributed by atoms with Crippen molar-refractivity contribution in [3.63, 3.8) is 0 Å². The van der Waals surface area contributed by atoms with Crippen LogP contribution in [0.2, 0.25) is 25.1 Å². The predicted octanol–water partition coefficient (Wildman–Crippen LogP) is 15.9. The first kappa shape index (κ1) is 96.2. The Labute approximate surface area is 863 Å². The van der Waals surface area contributed by atoms with Crippen molar-refractivity contribution in [1.29, 1.82) is 0 Å². The minimum Gasteiger partial charge on any atom is -0.309 e. The molecule has 10 amide bonds. The average molecular weight is 2040 g/mol. The van der Waals surface area contributed by atoms with Crippen LogP contribution in [0.15, 0.2) is 317 Å². The van der Waals surface area contributed by atoms with Crippen molar-refractivity contribution in [2.24, 2.45) is 0 Å². The number of benzene rings is 4. The molecule has 25 rings (SSSR count). The maximum atomic E-state index is 13.6. The van der Waals surface area contributed by atoms with Gasteiger partial charge in [0.05, 0.1) is 77.0 Å². The number of hydrogen-bond acceptors (Lipinski definition) is 20. The molecule has 30 nitrogen and oxygen atoms in total. The molecule has 0 N–H and O–H groups in total. The highest BCUT2D eigenvalue weighted by Gasteiger charge is 2.63. The Morgan fingerprint density at radius 2 is 0.589 bits per heavy atom. The topological polar surface area (TPSA) is 332 Å². The Morgan fingerprint density at radius 1 is 0.281 bits per heavy atom. The first-order valence-corrected chi connectivity index (χ1v) is 49.3. The largest absolute Gasteiger partial charge is 0.309 e. The van der Waals surface area contributed by atoms with Crippen molar-refractivity contribution in [2.45, 2.75) is 80.7 Å². The highest BCUT2D eigenvalue weighted by Crippen LogP contribution is 2.52. The fraction of sp³-hybridized carbons (Fsp3) is 0.207. The zero-order chi connectivity index (χ0) is 101. The molecule has 0 spiro atoms. The summed E-state index contributed by atoms with van der Waals surface area (Å²) in [4.78, 5) is 196. The molecule has 10 aromatic heterocycles. The summed E-state index contributed by atoms with van der Waals surface area (Å²) < 4.78 is 0. The molecule has 0 bridgehead atoms. The maximum absolute atomic E-state index is 13.6. The fourth-order valence-electron chi connectivity index (χ4n) is 22.0. The standard InChI is InChI=1S/C24H20ClN3O2.C23H19ClN4O2.C22H17ClN4O2.C21H16ClN5O2.C21H17ClN4O2/c1-16-4-6-17(7-5-16)22(29)27-13-14-28-23(30)21-18(3-2-12-26-21)15-24(27,28)19-8-10-20(25)11-9-19;1-15-4-6-16(7-5-15)21(29)27-11-12-28-22(30)18-3-2-10-25-19(18)13-23(27,28)20-9-8-17(24)14-26-20;23-18-7-5-17(6-8-18)22-13-15-3-2-10-25-19(15)21(29)27(22)12-11-26(22)20(28)16-4-1-9-24-14-16;22-15-5-6-18(25-13-15)21-11-17-16(4-2-8-24-17)20(29)27(21)10-9-26(21)19(28)14-3-1-7-23-12-14;22-15-7-8-18(24-13-15)21-12-17-16(6-3-9-23-17)20(28)26(21)11-10-25(21)19(27)14-4-1-2-5-14/h2-12H,13-15H2,1H3;2-10,14H,11-13H2,1H3;1-10,14H,11-13H2;1-8,12-13H,9-11H2;1,3-9,13H,2,10-12H2. The lowest BCUT2D eigenvalue weighted by molar-refractivity contribution is -0.135. The van der Waals surface area contributed by atoms with E-state index in [1.54, 1.807) is 227 Å². The number of halogens is 5. The smallest absolute Gasteiger partial charge is 0.274 e. The number of amides is 10. The summed E-state index contributed by atoms with van der Waals surface area (Å²) in [6.07, 6.45) is 27.8. The minimum absolute atomic E-state index is 0.0902. The van der Waals surface area contributed by atoms with Crippen LogP contribution in [-0.2, 0) is 65.2 Å². The van der Waals surface area contributed by atoms with E-state index in [4.69, 9.17) is 58.0 Å². The van der Waals surface area contributed by atoms with Crippen molar-refractivity contribution < 1.29 is 47.9 Å². The van der Waals surface area contributed by atoms with Gasteiger partial charge in [0.25, 0.3) is 59.1 Å². The van der Waals surface area contributed by atoms with Gasteiger partial charge in [-0.2, -0.15) is 0 Å². The molecule has 10 aliphatic heterocycles. The number of aromatic nitrogens is 10. The molecule has 11 aliphatic rings. The van der Waals surface area contributed by atoms with E-state index in [1.165, 1.54) is 12.4 Å². The number of hydrogen-bond donors (Lipinski definition) is 0. The van der Waals surface area contributed by atoms with E-state index >= 15 is 0 Å². The van der Waals surface area contributed by atoms with E-state index < -0.39 is 28.3 Å². The van der Waals surface area contributed by atoms with E-state index in [1.807, 2.05) is 134 Å². The maximum Gasteiger partial charge on any atom is 0.274 e. The lowest BCUT2D eigenvalue weighted by Gasteiger charge is -2.47. The summed E-state index contributed by atoms with van der Waals surface area (Å²) in [6, 6.07) is 65.4. The van der Waals surface area contributed by atoms with E-state index in [-0.39, 0.29) is 59.1 Å². The third-order valence-corrected chi connectivity index (χ3v) is 30.0. The molecule has 0 radical (unpaired) electrons. The Balaban J connectivity index is 0.000000107. The zero-order valence-electron chi connectivity index (χ0n) is 78.7. The van der Waals surface area contributed by atoms with Crippen molar-refractivity contribution in [3.8, 4) is 0 Å². The molecule has 0 saturated carbocycles. The molecule has 5 unspecified atom stereocenters. The van der Waals surface area contributed by atoms with Crippen LogP contribution < -0.4 is 0 Å². The number of rotatable bonds is 10. The lowest BCUT2D eigenvalue weighted by Crippen LogP contribution is -2.59. The summed E-state index contributed by atoms with van der Waals surface area (Å²) in [5.41, 5.74) is 9.86. The molecule has 5 fully saturated rings. The van der Waals surface area contributed by atoms with E-state index in [0.717, 1.165) is 39.8 Å². The predicted molar refractivity (Wildman–Crippen MR) is 542 cm³/mol. The number of nitrogens with zero attached hydrogens (tertiary/aromatic N) is 20. The Morgan fingerprint density at radius 3 is 0.911 bits per heavy atom. The monoisotopic (exact) mass is 2040 g/mol. The highest BCUT2D eigenvalue weighted by atomic mass is 35.5. The van der Waals surface area contributed by atoms with Crippen molar-refractivity contribution in [2.75, 3.05) is 65.4 Å². The van der Waals surface area contributed by atoms with Gasteiger partial charge in [-0.15, -0.1) is 0 Å². The first-order chi connectivity index (χ1) is 70.8. The number of fused-ring (bicyclic) bond motifs is 10. The van der Waals surface area contributed by atoms with Crippen LogP contribution in [0.25, 0.3) is 0 Å². The fourth-order valence-corrected chi connectivity index (χ4v) is 22.6. The van der Waals surface area contributed by atoms with Gasteiger partial charge in [-0.1, -0.05) is 148 Å². The van der Waals surface area contributed by atoms with E-state index in [0.29, 0.717) is 213 Å². The molecule has 5 atom stereocenters. The van der Waals surface area contributed by atoms with Gasteiger partial charge in [-0.25, -0.2) is 0 Å². The third kappa shape index (κ3) is 16.7. The second-order valence-electron chi connectivity index (χ2n) is 36.7. The SMILES string of the molecule is Cc1ccc(C(=O)N2CCN3C(=O)c4cccnc4CC23c2ccc(Cl)cn2)cc1.Cc1ccc(C(=O)N2CCN3C(=O)c4ncccc4CC23c2ccc(Cl)cc2)cc1.O=C(C1=CCC=C1)N1CCN2C(=O)c3cccnc3CC12c1ccc(Cl)cn1.O=C(c1cccnc1)N1CCN2C(=O)c3cccnc3CC12c1ccc(Cl)cn1.O=C(c1cccnc1)N1CCN2C(=O)c3ncccc3CC12c1ccc(Cl)cc1. The summed E-state index contributed by atoms with van der Waals surface area (Å²) >= 11 is 30.4. The van der Waals surface area contributed by atoms with Gasteiger partial charge < -0.3 is 49.0 Å². The molecule has 4 aromatic carbocycles. The summed E-state index contributed by atoms with van der Waals surface area (Å²) in [6.45, 7) is 8.25. The normalized spacial score (nSPS) is 20.8. The molecule has 35 heteroatoms. The van der Waals surface area contributed by atoms with Crippen LogP contribution in [0.1, 0.15) is 167 Å². The van der Waals surface area contributed by atoms with Crippen LogP contribution in [0.4, 0.5) is 0 Å². The van der Waals surface area contributed by atoms with Gasteiger partial charge in [0.2, 0.25) is 0 Å². The van der Waals surface area contributed by atoms with Gasteiger partial charge in [0, 0.05) is 199 Å². The second kappa shape index (κ2) is 39.3. The summed E-state index contributed by atoms with van der Waals surface area (Å²) in [5, 5.41) is 2.70. The number of aryl methyl sites for hydroxylation is 2. The van der Waals surface area contributed by atoms with Gasteiger partial charge >= 0.3 is 0 Å². The minimum atomic E-state index is -1.06. The average Bonchev–Trinajstić information content (AvgIpc) is 1.55. The Bertz CT molecular complexity index is 7260. The number of pyridine rings is 10. The van der Waals surface area contributed by atoms with E-state index in [9.17, 15) is 47.9 Å². The molecular formula is C111H89Cl5N20O10. The van der Waals surface area contributed by atoms with Crippen molar-refractivity contribution in [3.05, 3.63) is 460 Å². The van der Waals surface area contributed by atoms with Crippen molar-refractivity contribution in [1.82, 2.24) is 98.8 Å². The van der Waals surface area contributed by atoms with Gasteiger partial charge in [0.1, 0.15) is 22.7 Å². The first-order valence-electron chi connectivity index (χ1n) is 47.4. The number of allylic oxidation sites excluding steroid dienone is 2. The molecule has 20 heterocycles. The number of carbonyl (C=O) groups excluding carboxylic acids is 10. The quantitative estimate of drug-likeness (QED) is 0.123. The molecule has 5 saturated heterocycles.